The molecule has 4 aliphatic heterocycles. The van der Waals surface area contributed by atoms with Crippen LogP contribution in [0.4, 0.5) is 0 Å². The van der Waals surface area contributed by atoms with Crippen LogP contribution in [0.1, 0.15) is 38.5 Å². The average Bonchev–Trinajstić information content (AvgIpc) is 3.19. The minimum atomic E-state index is -0.151. The number of hydrogen-bond acceptors (Lipinski definition) is 4. The van der Waals surface area contributed by atoms with Crippen molar-refractivity contribution in [3.05, 3.63) is 6.42 Å². The van der Waals surface area contributed by atoms with Gasteiger partial charge in [0.1, 0.15) is 6.10 Å². The molecular formula is C18H30N3O2. The van der Waals surface area contributed by atoms with Gasteiger partial charge in [0, 0.05) is 58.0 Å². The van der Waals surface area contributed by atoms with Gasteiger partial charge in [0.2, 0.25) is 0 Å². The summed E-state index contributed by atoms with van der Waals surface area (Å²) in [4.78, 5) is 19.7. The SMILES string of the molecule is O=C(C1CCCO1)N1CCN(CCN2[C@@H]3C[CH]C[C@H]2CC3)CC1. The summed E-state index contributed by atoms with van der Waals surface area (Å²) in [6.45, 7) is 6.92. The Labute approximate surface area is 139 Å². The smallest absolute Gasteiger partial charge is 0.251 e. The third-order valence-electron chi connectivity index (χ3n) is 6.21. The van der Waals surface area contributed by atoms with Crippen molar-refractivity contribution in [2.24, 2.45) is 0 Å². The molecular weight excluding hydrogens is 290 g/mol. The molecule has 4 fully saturated rings. The molecule has 0 aromatic heterocycles. The molecule has 0 aliphatic carbocycles. The highest BCUT2D eigenvalue weighted by Crippen LogP contribution is 2.34. The van der Waals surface area contributed by atoms with Gasteiger partial charge in [-0.15, -0.1) is 0 Å². The third-order valence-corrected chi connectivity index (χ3v) is 6.21. The minimum absolute atomic E-state index is 0.151. The van der Waals surface area contributed by atoms with E-state index in [0.717, 1.165) is 64.3 Å². The maximum Gasteiger partial charge on any atom is 0.251 e. The lowest BCUT2D eigenvalue weighted by molar-refractivity contribution is -0.142. The largest absolute Gasteiger partial charge is 0.368 e. The van der Waals surface area contributed by atoms with Crippen LogP contribution in [-0.2, 0) is 9.53 Å². The predicted molar refractivity (Wildman–Crippen MR) is 89.0 cm³/mol. The molecule has 4 heterocycles. The highest BCUT2D eigenvalue weighted by Gasteiger charge is 2.36. The standard InChI is InChI=1S/C18H30N3O2/c22-18(17-5-2-14-23-17)20-11-8-19(9-12-20)10-13-21-15-3-1-4-16(21)7-6-15/h1,15-17H,2-14H2/t15-,16+,17?. The van der Waals surface area contributed by atoms with Crippen LogP contribution in [0.5, 0.6) is 0 Å². The first-order valence-corrected chi connectivity index (χ1v) is 9.51. The highest BCUT2D eigenvalue weighted by molar-refractivity contribution is 5.81. The zero-order valence-corrected chi connectivity index (χ0v) is 14.2. The van der Waals surface area contributed by atoms with E-state index in [1.54, 1.807) is 0 Å². The molecule has 0 aromatic rings. The van der Waals surface area contributed by atoms with E-state index in [1.807, 2.05) is 4.90 Å². The minimum Gasteiger partial charge on any atom is -0.368 e. The monoisotopic (exact) mass is 320 g/mol. The second kappa shape index (κ2) is 7.08. The molecule has 0 spiro atoms. The number of carbonyl (C=O) groups excluding carboxylic acids is 1. The molecule has 4 saturated heterocycles. The first-order chi connectivity index (χ1) is 11.3. The summed E-state index contributed by atoms with van der Waals surface area (Å²) in [6.07, 6.45) is 9.66. The number of fused-ring (bicyclic) bond motifs is 2. The summed E-state index contributed by atoms with van der Waals surface area (Å²) in [7, 11) is 0. The van der Waals surface area contributed by atoms with E-state index >= 15 is 0 Å². The Hall–Kier alpha value is -0.650. The maximum atomic E-state index is 12.4. The van der Waals surface area contributed by atoms with Crippen LogP contribution in [0.3, 0.4) is 0 Å². The number of amides is 1. The van der Waals surface area contributed by atoms with Gasteiger partial charge in [-0.25, -0.2) is 0 Å². The second-order valence-electron chi connectivity index (χ2n) is 7.55. The molecule has 1 unspecified atom stereocenters. The van der Waals surface area contributed by atoms with Crippen molar-refractivity contribution < 1.29 is 9.53 Å². The van der Waals surface area contributed by atoms with E-state index in [2.05, 4.69) is 16.2 Å². The maximum absolute atomic E-state index is 12.4. The van der Waals surface area contributed by atoms with Crippen LogP contribution in [0.25, 0.3) is 0 Å². The average molecular weight is 320 g/mol. The van der Waals surface area contributed by atoms with Crippen LogP contribution < -0.4 is 0 Å². The van der Waals surface area contributed by atoms with E-state index in [1.165, 1.54) is 32.2 Å². The molecule has 3 atom stereocenters. The molecule has 0 N–H and O–H groups in total. The van der Waals surface area contributed by atoms with Crippen molar-refractivity contribution in [3.63, 3.8) is 0 Å². The number of carbonyl (C=O) groups is 1. The first kappa shape index (κ1) is 15.9. The Morgan fingerprint density at radius 2 is 1.74 bits per heavy atom. The highest BCUT2D eigenvalue weighted by atomic mass is 16.5. The van der Waals surface area contributed by atoms with Gasteiger partial charge in [0.05, 0.1) is 0 Å². The predicted octanol–water partition coefficient (Wildman–Crippen LogP) is 1.14. The molecule has 5 heteroatoms. The van der Waals surface area contributed by atoms with Crippen molar-refractivity contribution in [3.8, 4) is 0 Å². The summed E-state index contributed by atoms with van der Waals surface area (Å²) in [5.41, 5.74) is 0. The zero-order valence-electron chi connectivity index (χ0n) is 14.2. The number of rotatable bonds is 4. The lowest BCUT2D eigenvalue weighted by Crippen LogP contribution is -2.53. The number of ether oxygens (including phenoxy) is 1. The summed E-state index contributed by atoms with van der Waals surface area (Å²) in [5, 5.41) is 0. The summed E-state index contributed by atoms with van der Waals surface area (Å²) < 4.78 is 5.54. The molecule has 5 nitrogen and oxygen atoms in total. The lowest BCUT2D eigenvalue weighted by Gasteiger charge is -2.39. The van der Waals surface area contributed by atoms with Gasteiger partial charge in [0.15, 0.2) is 0 Å². The van der Waals surface area contributed by atoms with Gasteiger partial charge in [-0.05, 0) is 44.9 Å². The quantitative estimate of drug-likeness (QED) is 0.778. The van der Waals surface area contributed by atoms with Crippen molar-refractivity contribution in [1.82, 2.24) is 14.7 Å². The van der Waals surface area contributed by atoms with Crippen molar-refractivity contribution in [2.45, 2.75) is 56.7 Å². The van der Waals surface area contributed by atoms with Crippen molar-refractivity contribution in [2.75, 3.05) is 45.9 Å². The zero-order chi connectivity index (χ0) is 15.6. The van der Waals surface area contributed by atoms with Gasteiger partial charge < -0.3 is 9.64 Å². The molecule has 129 valence electrons. The van der Waals surface area contributed by atoms with Gasteiger partial charge in [-0.2, -0.15) is 0 Å². The van der Waals surface area contributed by atoms with Crippen LogP contribution in [0, 0.1) is 6.42 Å². The Morgan fingerprint density at radius 1 is 1.00 bits per heavy atom. The molecule has 23 heavy (non-hydrogen) atoms. The van der Waals surface area contributed by atoms with E-state index in [-0.39, 0.29) is 12.0 Å². The topological polar surface area (TPSA) is 36.0 Å². The molecule has 0 aromatic carbocycles. The molecule has 2 bridgehead atoms. The molecule has 0 saturated carbocycles. The fourth-order valence-corrected chi connectivity index (χ4v) is 4.79. The summed E-state index contributed by atoms with van der Waals surface area (Å²) in [5.74, 6) is 0.228. The Kier molecular flexibility index (Phi) is 4.88. The third kappa shape index (κ3) is 3.42. The fourth-order valence-electron chi connectivity index (χ4n) is 4.79. The van der Waals surface area contributed by atoms with E-state index < -0.39 is 0 Å². The Bertz CT molecular complexity index is 400. The van der Waals surface area contributed by atoms with Gasteiger partial charge in [0.25, 0.3) is 5.91 Å². The van der Waals surface area contributed by atoms with Crippen LogP contribution in [-0.4, -0.2) is 84.7 Å². The van der Waals surface area contributed by atoms with E-state index in [9.17, 15) is 4.79 Å². The second-order valence-corrected chi connectivity index (χ2v) is 7.55. The van der Waals surface area contributed by atoms with E-state index in [0.29, 0.717) is 0 Å². The van der Waals surface area contributed by atoms with Crippen LogP contribution >= 0.6 is 0 Å². The summed E-state index contributed by atoms with van der Waals surface area (Å²) in [6, 6.07) is 1.63. The summed E-state index contributed by atoms with van der Waals surface area (Å²) >= 11 is 0. The van der Waals surface area contributed by atoms with Gasteiger partial charge in [-0.1, -0.05) is 0 Å². The number of piperidine rings is 1. The Morgan fingerprint density at radius 3 is 2.39 bits per heavy atom. The molecule has 1 amide bonds. The van der Waals surface area contributed by atoms with Crippen molar-refractivity contribution in [1.29, 1.82) is 0 Å². The number of nitrogens with zero attached hydrogens (tertiary/aromatic N) is 3. The molecule has 1 radical (unpaired) electrons. The van der Waals surface area contributed by atoms with Gasteiger partial charge in [-0.3, -0.25) is 14.6 Å². The van der Waals surface area contributed by atoms with E-state index in [4.69, 9.17) is 4.74 Å². The first-order valence-electron chi connectivity index (χ1n) is 9.51. The molecule has 4 rings (SSSR count). The van der Waals surface area contributed by atoms with Crippen LogP contribution in [0.2, 0.25) is 0 Å². The van der Waals surface area contributed by atoms with Crippen LogP contribution in [0.15, 0.2) is 0 Å². The van der Waals surface area contributed by atoms with Crippen molar-refractivity contribution >= 4 is 5.91 Å². The lowest BCUT2D eigenvalue weighted by atomic mass is 10.0. The number of piperazine rings is 1. The normalized spacial score (nSPS) is 35.8. The Balaban J connectivity index is 1.20. The fraction of sp³-hybridized carbons (Fsp3) is 0.889. The van der Waals surface area contributed by atoms with Gasteiger partial charge >= 0.3 is 0 Å². The molecule has 4 aliphatic rings. The number of hydrogen-bond donors (Lipinski definition) is 0.